The molecule has 1 fully saturated rings. The van der Waals surface area contributed by atoms with Crippen molar-refractivity contribution >= 4 is 33.3 Å². The first-order valence-corrected chi connectivity index (χ1v) is 9.14. The first-order chi connectivity index (χ1) is 10.3. The van der Waals surface area contributed by atoms with Crippen LogP contribution in [0.4, 0.5) is 5.82 Å². The van der Waals surface area contributed by atoms with Gasteiger partial charge in [-0.15, -0.1) is 0 Å². The Morgan fingerprint density at radius 2 is 2.14 bits per heavy atom. The summed E-state index contributed by atoms with van der Waals surface area (Å²) in [7, 11) is -3.12. The Kier molecular flexibility index (Phi) is 5.25. The molecule has 0 spiro atoms. The maximum atomic E-state index is 12.0. The number of hydrogen-bond acceptors (Lipinski definition) is 5. The first-order valence-electron chi connectivity index (χ1n) is 6.91. The van der Waals surface area contributed by atoms with Crippen LogP contribution in [0.3, 0.4) is 0 Å². The zero-order chi connectivity index (χ0) is 16.3. The summed E-state index contributed by atoms with van der Waals surface area (Å²) in [5, 5.41) is 3.07. The SMILES string of the molecule is CS(=O)(=O)N1CCC(CNC(=O)c2cnc(N)c(Cl)c2)CC1. The molecule has 2 heterocycles. The molecule has 1 aromatic heterocycles. The lowest BCUT2D eigenvalue weighted by molar-refractivity contribution is 0.0941. The number of nitrogens with one attached hydrogen (secondary N) is 1. The normalized spacial score (nSPS) is 17.4. The number of hydrogen-bond donors (Lipinski definition) is 2. The molecule has 7 nitrogen and oxygen atoms in total. The number of rotatable bonds is 4. The number of carbonyl (C=O) groups excluding carboxylic acids is 1. The van der Waals surface area contributed by atoms with Crippen LogP contribution in [0.25, 0.3) is 0 Å². The van der Waals surface area contributed by atoms with Gasteiger partial charge in [0, 0.05) is 25.8 Å². The van der Waals surface area contributed by atoms with Crippen molar-refractivity contribution in [2.45, 2.75) is 12.8 Å². The van der Waals surface area contributed by atoms with Gasteiger partial charge in [-0.25, -0.2) is 17.7 Å². The monoisotopic (exact) mass is 346 g/mol. The van der Waals surface area contributed by atoms with Gasteiger partial charge in [-0.05, 0) is 24.8 Å². The Bertz CT molecular complexity index is 657. The Morgan fingerprint density at radius 1 is 1.50 bits per heavy atom. The third-order valence-electron chi connectivity index (χ3n) is 3.73. The number of pyridine rings is 1. The lowest BCUT2D eigenvalue weighted by Crippen LogP contribution is -2.41. The summed E-state index contributed by atoms with van der Waals surface area (Å²) in [5.41, 5.74) is 5.85. The number of amides is 1. The minimum Gasteiger partial charge on any atom is -0.382 e. The number of carbonyl (C=O) groups is 1. The fourth-order valence-electron chi connectivity index (χ4n) is 2.36. The van der Waals surface area contributed by atoms with Gasteiger partial charge in [0.15, 0.2) is 0 Å². The van der Waals surface area contributed by atoms with Crippen molar-refractivity contribution in [2.24, 2.45) is 5.92 Å². The number of sulfonamides is 1. The molecule has 0 unspecified atom stereocenters. The predicted octanol–water partition coefficient (Wildman–Crippen LogP) is 0.719. The van der Waals surface area contributed by atoms with Crippen molar-refractivity contribution in [3.05, 3.63) is 22.8 Å². The predicted molar refractivity (Wildman–Crippen MR) is 85.1 cm³/mol. The van der Waals surface area contributed by atoms with E-state index in [9.17, 15) is 13.2 Å². The summed E-state index contributed by atoms with van der Waals surface area (Å²) in [6.45, 7) is 1.49. The van der Waals surface area contributed by atoms with E-state index < -0.39 is 10.0 Å². The van der Waals surface area contributed by atoms with Gasteiger partial charge in [0.2, 0.25) is 10.0 Å². The van der Waals surface area contributed by atoms with Crippen molar-refractivity contribution in [2.75, 3.05) is 31.6 Å². The molecule has 1 aromatic rings. The second-order valence-corrected chi connectivity index (χ2v) is 7.80. The maximum absolute atomic E-state index is 12.0. The van der Waals surface area contributed by atoms with E-state index in [1.807, 2.05) is 0 Å². The minimum absolute atomic E-state index is 0.186. The minimum atomic E-state index is -3.12. The number of nitrogen functional groups attached to an aromatic ring is 1. The Balaban J connectivity index is 1.84. The molecule has 1 saturated heterocycles. The van der Waals surface area contributed by atoms with Gasteiger partial charge in [-0.1, -0.05) is 11.6 Å². The van der Waals surface area contributed by atoms with Crippen LogP contribution in [0.15, 0.2) is 12.3 Å². The van der Waals surface area contributed by atoms with Crippen LogP contribution in [-0.2, 0) is 10.0 Å². The molecule has 0 atom stereocenters. The van der Waals surface area contributed by atoms with E-state index >= 15 is 0 Å². The van der Waals surface area contributed by atoms with E-state index in [-0.39, 0.29) is 22.7 Å². The van der Waals surface area contributed by atoms with Crippen LogP contribution in [0.5, 0.6) is 0 Å². The average Bonchev–Trinajstić information content (AvgIpc) is 2.47. The fraction of sp³-hybridized carbons (Fsp3) is 0.538. The molecule has 3 N–H and O–H groups in total. The molecule has 0 saturated carbocycles. The van der Waals surface area contributed by atoms with Crippen molar-refractivity contribution in [1.82, 2.24) is 14.6 Å². The lowest BCUT2D eigenvalue weighted by Gasteiger charge is -2.30. The van der Waals surface area contributed by atoms with Crippen molar-refractivity contribution in [3.63, 3.8) is 0 Å². The van der Waals surface area contributed by atoms with Crippen LogP contribution in [-0.4, -0.2) is 49.5 Å². The van der Waals surface area contributed by atoms with Crippen LogP contribution < -0.4 is 11.1 Å². The third-order valence-corrected chi connectivity index (χ3v) is 5.33. The molecule has 9 heteroatoms. The van der Waals surface area contributed by atoms with Gasteiger partial charge in [0.1, 0.15) is 5.82 Å². The van der Waals surface area contributed by atoms with Gasteiger partial charge >= 0.3 is 0 Å². The van der Waals surface area contributed by atoms with Gasteiger partial charge in [0.05, 0.1) is 16.8 Å². The summed E-state index contributed by atoms with van der Waals surface area (Å²) < 4.78 is 24.3. The number of aromatic nitrogens is 1. The number of piperidine rings is 1. The maximum Gasteiger partial charge on any atom is 0.252 e. The third kappa shape index (κ3) is 4.31. The van der Waals surface area contributed by atoms with Crippen LogP contribution in [0.2, 0.25) is 5.02 Å². The zero-order valence-corrected chi connectivity index (χ0v) is 13.8. The highest BCUT2D eigenvalue weighted by Crippen LogP contribution is 2.19. The van der Waals surface area contributed by atoms with E-state index in [1.165, 1.54) is 22.8 Å². The second-order valence-electron chi connectivity index (χ2n) is 5.41. The molecule has 2 rings (SSSR count). The summed E-state index contributed by atoms with van der Waals surface area (Å²) in [6.07, 6.45) is 4.05. The quantitative estimate of drug-likeness (QED) is 0.835. The molecule has 0 radical (unpaired) electrons. The molecule has 0 aromatic carbocycles. The molecule has 22 heavy (non-hydrogen) atoms. The summed E-state index contributed by atoms with van der Waals surface area (Å²) >= 11 is 5.84. The Hall–Kier alpha value is -1.38. The molecular weight excluding hydrogens is 328 g/mol. The van der Waals surface area contributed by atoms with Crippen molar-refractivity contribution in [1.29, 1.82) is 0 Å². The summed E-state index contributed by atoms with van der Waals surface area (Å²) in [5.74, 6) is 0.186. The van der Waals surface area contributed by atoms with E-state index in [2.05, 4.69) is 10.3 Å². The molecule has 0 bridgehead atoms. The smallest absolute Gasteiger partial charge is 0.252 e. The number of nitrogens with zero attached hydrogens (tertiary/aromatic N) is 2. The van der Waals surface area contributed by atoms with Gasteiger partial charge in [-0.3, -0.25) is 4.79 Å². The van der Waals surface area contributed by atoms with E-state index in [4.69, 9.17) is 17.3 Å². The highest BCUT2D eigenvalue weighted by atomic mass is 35.5. The molecule has 0 aliphatic carbocycles. The number of halogens is 1. The van der Waals surface area contributed by atoms with Crippen molar-refractivity contribution in [3.8, 4) is 0 Å². The molecular formula is C13H19ClN4O3S. The van der Waals surface area contributed by atoms with E-state index in [0.29, 0.717) is 25.2 Å². The van der Waals surface area contributed by atoms with Crippen LogP contribution >= 0.6 is 11.6 Å². The largest absolute Gasteiger partial charge is 0.382 e. The Labute approximate surface area is 134 Å². The molecule has 122 valence electrons. The first kappa shape index (κ1) is 17.0. The summed E-state index contributed by atoms with van der Waals surface area (Å²) in [4.78, 5) is 15.9. The van der Waals surface area contributed by atoms with Gasteiger partial charge in [0.25, 0.3) is 5.91 Å². The number of nitrogens with two attached hydrogens (primary N) is 1. The molecule has 1 aliphatic heterocycles. The second kappa shape index (κ2) is 6.80. The highest BCUT2D eigenvalue weighted by Gasteiger charge is 2.25. The molecule has 1 amide bonds. The van der Waals surface area contributed by atoms with Crippen LogP contribution in [0, 0.1) is 5.92 Å². The summed E-state index contributed by atoms with van der Waals surface area (Å²) in [6, 6.07) is 1.48. The zero-order valence-electron chi connectivity index (χ0n) is 12.3. The highest BCUT2D eigenvalue weighted by molar-refractivity contribution is 7.88. The lowest BCUT2D eigenvalue weighted by atomic mass is 9.98. The molecule has 1 aliphatic rings. The van der Waals surface area contributed by atoms with E-state index in [1.54, 1.807) is 0 Å². The van der Waals surface area contributed by atoms with Gasteiger partial charge in [-0.2, -0.15) is 0 Å². The fourth-order valence-corrected chi connectivity index (χ4v) is 3.40. The Morgan fingerprint density at radius 3 is 2.68 bits per heavy atom. The number of anilines is 1. The van der Waals surface area contributed by atoms with Crippen molar-refractivity contribution < 1.29 is 13.2 Å². The topological polar surface area (TPSA) is 105 Å². The average molecular weight is 347 g/mol. The standard InChI is InChI=1S/C13H19ClN4O3S/c1-22(20,21)18-4-2-9(3-5-18)7-17-13(19)10-6-11(14)12(15)16-8-10/h6,8-9H,2-5,7H2,1H3,(H2,15,16)(H,17,19). The van der Waals surface area contributed by atoms with Gasteiger partial charge < -0.3 is 11.1 Å². The van der Waals surface area contributed by atoms with E-state index in [0.717, 1.165) is 12.8 Å². The van der Waals surface area contributed by atoms with Crippen LogP contribution in [0.1, 0.15) is 23.2 Å².